The third kappa shape index (κ3) is 3.29. The molecule has 2 aromatic rings. The Labute approximate surface area is 123 Å². The minimum absolute atomic E-state index is 0.103. The zero-order valence-electron chi connectivity index (χ0n) is 10.7. The maximum absolute atomic E-state index is 13.9. The van der Waals surface area contributed by atoms with Gasteiger partial charge in [0.25, 0.3) is 0 Å². The monoisotopic (exact) mass is 296 g/mol. The van der Waals surface area contributed by atoms with Gasteiger partial charge in [-0.3, -0.25) is 0 Å². The lowest BCUT2D eigenvalue weighted by Crippen LogP contribution is -1.98. The van der Waals surface area contributed by atoms with E-state index in [-0.39, 0.29) is 5.02 Å². The molecule has 0 aliphatic carbocycles. The summed E-state index contributed by atoms with van der Waals surface area (Å²) in [6, 6.07) is 12.9. The molecule has 0 spiro atoms. The zero-order chi connectivity index (χ0) is 13.8. The Hall–Kier alpha value is -1.05. The second-order valence-corrected chi connectivity index (χ2v) is 5.34. The lowest BCUT2D eigenvalue weighted by atomic mass is 10.0. The maximum atomic E-state index is 13.9. The highest BCUT2D eigenvalue weighted by atomic mass is 35.5. The van der Waals surface area contributed by atoms with E-state index in [2.05, 4.69) is 6.92 Å². The van der Waals surface area contributed by atoms with E-state index in [1.54, 1.807) is 12.1 Å². The van der Waals surface area contributed by atoms with Crippen molar-refractivity contribution in [3.8, 4) is 0 Å². The Morgan fingerprint density at radius 2 is 1.79 bits per heavy atom. The van der Waals surface area contributed by atoms with Crippen LogP contribution in [0.4, 0.5) is 4.39 Å². The highest BCUT2D eigenvalue weighted by Gasteiger charge is 2.16. The quantitative estimate of drug-likeness (QED) is 0.629. The third-order valence-corrected chi connectivity index (χ3v) is 3.84. The fourth-order valence-electron chi connectivity index (χ4n) is 2.04. The number of hydrogen-bond acceptors (Lipinski definition) is 0. The van der Waals surface area contributed by atoms with Crippen molar-refractivity contribution in [1.29, 1.82) is 0 Å². The number of rotatable bonds is 4. The van der Waals surface area contributed by atoms with Crippen LogP contribution in [0.1, 0.15) is 35.4 Å². The smallest absolute Gasteiger partial charge is 0.146 e. The van der Waals surface area contributed by atoms with Crippen molar-refractivity contribution < 1.29 is 4.39 Å². The summed E-state index contributed by atoms with van der Waals surface area (Å²) in [5, 5.41) is -0.417. The van der Waals surface area contributed by atoms with Crippen molar-refractivity contribution in [1.82, 2.24) is 0 Å². The van der Waals surface area contributed by atoms with E-state index in [9.17, 15) is 4.39 Å². The second kappa shape index (κ2) is 6.40. The van der Waals surface area contributed by atoms with Gasteiger partial charge in [0, 0.05) is 5.56 Å². The van der Waals surface area contributed by atoms with E-state index >= 15 is 0 Å². The summed E-state index contributed by atoms with van der Waals surface area (Å²) in [5.41, 5.74) is 2.56. The predicted molar refractivity (Wildman–Crippen MR) is 79.5 cm³/mol. The van der Waals surface area contributed by atoms with Crippen LogP contribution in [-0.4, -0.2) is 0 Å². The molecule has 0 aliphatic rings. The molecule has 1 atom stereocenters. The SMILES string of the molecule is CCCc1ccc(C(Cl)c2cccc(Cl)c2F)cc1. The van der Waals surface area contributed by atoms with Gasteiger partial charge in [-0.25, -0.2) is 4.39 Å². The highest BCUT2D eigenvalue weighted by molar-refractivity contribution is 6.31. The third-order valence-electron chi connectivity index (χ3n) is 3.07. The van der Waals surface area contributed by atoms with Crippen molar-refractivity contribution in [2.24, 2.45) is 0 Å². The molecule has 100 valence electrons. The van der Waals surface area contributed by atoms with Crippen molar-refractivity contribution in [2.45, 2.75) is 25.1 Å². The van der Waals surface area contributed by atoms with Crippen molar-refractivity contribution >= 4 is 23.2 Å². The summed E-state index contributed by atoms with van der Waals surface area (Å²) in [7, 11) is 0. The molecule has 0 amide bonds. The molecule has 0 aromatic heterocycles. The first-order chi connectivity index (χ1) is 9.13. The molecule has 19 heavy (non-hydrogen) atoms. The maximum Gasteiger partial charge on any atom is 0.146 e. The van der Waals surface area contributed by atoms with Gasteiger partial charge in [-0.1, -0.05) is 61.3 Å². The Morgan fingerprint density at radius 3 is 2.42 bits per heavy atom. The molecule has 0 saturated carbocycles. The second-order valence-electron chi connectivity index (χ2n) is 4.50. The Kier molecular flexibility index (Phi) is 4.84. The van der Waals surface area contributed by atoms with Crippen LogP contribution in [-0.2, 0) is 6.42 Å². The van der Waals surface area contributed by atoms with Crippen LogP contribution in [0.25, 0.3) is 0 Å². The molecule has 0 N–H and O–H groups in total. The number of aryl methyl sites for hydroxylation is 1. The summed E-state index contributed by atoms with van der Waals surface area (Å²) < 4.78 is 13.9. The Morgan fingerprint density at radius 1 is 1.11 bits per heavy atom. The first-order valence-corrected chi connectivity index (χ1v) is 7.11. The van der Waals surface area contributed by atoms with E-state index in [1.807, 2.05) is 24.3 Å². The summed E-state index contributed by atoms with van der Waals surface area (Å²) in [6.07, 6.45) is 2.14. The molecule has 0 bridgehead atoms. The van der Waals surface area contributed by atoms with Crippen LogP contribution in [0.5, 0.6) is 0 Å². The summed E-state index contributed by atoms with van der Waals surface area (Å²) >= 11 is 12.1. The predicted octanol–water partition coefficient (Wildman–Crippen LogP) is 5.76. The summed E-state index contributed by atoms with van der Waals surface area (Å²) in [6.45, 7) is 2.14. The average molecular weight is 297 g/mol. The number of halogens is 3. The number of hydrogen-bond donors (Lipinski definition) is 0. The standard InChI is InChI=1S/C16H15Cl2F/c1-2-4-11-7-9-12(10-8-11)15(18)13-5-3-6-14(17)16(13)19/h3,5-10,15H,2,4H2,1H3. The van der Waals surface area contributed by atoms with Crippen molar-refractivity contribution in [3.05, 3.63) is 70.0 Å². The van der Waals surface area contributed by atoms with E-state index in [1.165, 1.54) is 11.6 Å². The Balaban J connectivity index is 2.28. The van der Waals surface area contributed by atoms with Gasteiger partial charge in [-0.05, 0) is 23.6 Å². The fraction of sp³-hybridized carbons (Fsp3) is 0.250. The van der Waals surface area contributed by atoms with Gasteiger partial charge in [-0.2, -0.15) is 0 Å². The fourth-order valence-corrected chi connectivity index (χ4v) is 2.53. The largest absolute Gasteiger partial charge is 0.205 e. The topological polar surface area (TPSA) is 0 Å². The first kappa shape index (κ1) is 14.4. The zero-order valence-corrected chi connectivity index (χ0v) is 12.2. The van der Waals surface area contributed by atoms with Gasteiger partial charge in [0.2, 0.25) is 0 Å². The minimum Gasteiger partial charge on any atom is -0.205 e. The van der Waals surface area contributed by atoms with Crippen LogP contribution < -0.4 is 0 Å². The van der Waals surface area contributed by atoms with E-state index < -0.39 is 11.2 Å². The molecule has 1 unspecified atom stereocenters. The molecular formula is C16H15Cl2F. The van der Waals surface area contributed by atoms with Crippen molar-refractivity contribution in [3.63, 3.8) is 0 Å². The van der Waals surface area contributed by atoms with Crippen LogP contribution in [0.2, 0.25) is 5.02 Å². The first-order valence-electron chi connectivity index (χ1n) is 6.30. The molecule has 2 aromatic carbocycles. The molecule has 0 saturated heterocycles. The molecular weight excluding hydrogens is 282 g/mol. The van der Waals surface area contributed by atoms with Gasteiger partial charge in [0.15, 0.2) is 0 Å². The van der Waals surface area contributed by atoms with Crippen LogP contribution in [0.3, 0.4) is 0 Å². The molecule has 0 radical (unpaired) electrons. The van der Waals surface area contributed by atoms with Gasteiger partial charge in [0.05, 0.1) is 10.4 Å². The molecule has 2 rings (SSSR count). The van der Waals surface area contributed by atoms with Gasteiger partial charge < -0.3 is 0 Å². The molecule has 0 aliphatic heterocycles. The van der Waals surface area contributed by atoms with Crippen LogP contribution >= 0.6 is 23.2 Å². The highest BCUT2D eigenvalue weighted by Crippen LogP contribution is 2.33. The number of benzene rings is 2. The molecule has 3 heteroatoms. The molecule has 0 nitrogen and oxygen atoms in total. The van der Waals surface area contributed by atoms with E-state index in [4.69, 9.17) is 23.2 Å². The van der Waals surface area contributed by atoms with E-state index in [0.29, 0.717) is 5.56 Å². The minimum atomic E-state index is -0.519. The summed E-state index contributed by atoms with van der Waals surface area (Å²) in [4.78, 5) is 0. The average Bonchev–Trinajstić information content (AvgIpc) is 2.42. The normalized spacial score (nSPS) is 12.4. The van der Waals surface area contributed by atoms with Crippen molar-refractivity contribution in [2.75, 3.05) is 0 Å². The summed E-state index contributed by atoms with van der Waals surface area (Å²) in [5.74, 6) is -0.443. The Bertz CT molecular complexity index is 549. The molecule has 0 heterocycles. The molecule has 0 fully saturated rings. The lowest BCUT2D eigenvalue weighted by Gasteiger charge is -2.12. The lowest BCUT2D eigenvalue weighted by molar-refractivity contribution is 0.613. The number of alkyl halides is 1. The van der Waals surface area contributed by atoms with Gasteiger partial charge >= 0.3 is 0 Å². The van der Waals surface area contributed by atoms with Crippen LogP contribution in [0, 0.1) is 5.82 Å². The van der Waals surface area contributed by atoms with E-state index in [0.717, 1.165) is 18.4 Å². The van der Waals surface area contributed by atoms with Gasteiger partial charge in [-0.15, -0.1) is 11.6 Å². The van der Waals surface area contributed by atoms with Gasteiger partial charge in [0.1, 0.15) is 5.82 Å². The van der Waals surface area contributed by atoms with Crippen LogP contribution in [0.15, 0.2) is 42.5 Å².